The third-order valence-corrected chi connectivity index (χ3v) is 8.31. The fourth-order valence-electron chi connectivity index (χ4n) is 3.86. The van der Waals surface area contributed by atoms with Gasteiger partial charge in [-0.2, -0.15) is 0 Å². The molecule has 0 spiro atoms. The van der Waals surface area contributed by atoms with Gasteiger partial charge in [-0.15, -0.1) is 11.3 Å². The van der Waals surface area contributed by atoms with Crippen molar-refractivity contribution in [3.8, 4) is 10.4 Å². The van der Waals surface area contributed by atoms with Crippen molar-refractivity contribution < 1.29 is 22.7 Å². The highest BCUT2D eigenvalue weighted by molar-refractivity contribution is 7.91. The number of ether oxygens (including phenoxy) is 1. The molecule has 1 amide bonds. The summed E-state index contributed by atoms with van der Waals surface area (Å²) in [7, 11) is -3.12. The summed E-state index contributed by atoms with van der Waals surface area (Å²) in [5.41, 5.74) is 2.76. The summed E-state index contributed by atoms with van der Waals surface area (Å²) in [6.45, 7) is 1.27. The van der Waals surface area contributed by atoms with E-state index in [-0.39, 0.29) is 11.5 Å². The van der Waals surface area contributed by atoms with Crippen LogP contribution in [-0.2, 0) is 32.2 Å². The molecule has 2 aliphatic rings. The smallest absolute Gasteiger partial charge is 0.348 e. The lowest BCUT2D eigenvalue weighted by Crippen LogP contribution is -2.48. The Morgan fingerprint density at radius 1 is 1.21 bits per heavy atom. The minimum atomic E-state index is -3.12. The molecule has 1 fully saturated rings. The summed E-state index contributed by atoms with van der Waals surface area (Å²) >= 11 is 1.38. The zero-order valence-corrected chi connectivity index (χ0v) is 17.1. The first kappa shape index (κ1) is 19.1. The molecule has 0 unspecified atom stereocenters. The molecule has 1 aliphatic carbocycles. The van der Waals surface area contributed by atoms with Crippen LogP contribution in [0.1, 0.15) is 34.1 Å². The fraction of sp³-hybridized carbons (Fsp3) is 0.400. The van der Waals surface area contributed by atoms with E-state index in [1.165, 1.54) is 16.9 Å². The summed E-state index contributed by atoms with van der Waals surface area (Å²) in [5.74, 6) is -1.04. The number of hydrogen-bond acceptors (Lipinski definition) is 6. The lowest BCUT2D eigenvalue weighted by Gasteiger charge is -2.23. The van der Waals surface area contributed by atoms with Gasteiger partial charge in [0.05, 0.1) is 17.0 Å². The van der Waals surface area contributed by atoms with Gasteiger partial charge in [0.1, 0.15) is 4.88 Å². The first-order valence-electron chi connectivity index (χ1n) is 9.14. The van der Waals surface area contributed by atoms with E-state index in [2.05, 4.69) is 17.4 Å². The number of sulfone groups is 1. The van der Waals surface area contributed by atoms with Crippen LogP contribution >= 0.6 is 11.3 Å². The Kier molecular flexibility index (Phi) is 4.79. The average molecular weight is 420 g/mol. The second-order valence-electron chi connectivity index (χ2n) is 7.65. The molecular weight excluding hydrogens is 398 g/mol. The normalized spacial score (nSPS) is 22.2. The Balaban J connectivity index is 1.39. The van der Waals surface area contributed by atoms with Crippen molar-refractivity contribution in [1.29, 1.82) is 0 Å². The molecule has 0 saturated carbocycles. The molecule has 1 aromatic heterocycles. The molecule has 0 bridgehead atoms. The number of nitrogens with one attached hydrogen (secondary N) is 1. The Hall–Kier alpha value is -2.19. The standard InChI is InChI=1S/C20H21NO5S2/c1-20(8-9-28(24,25)12-20)21-17(22)11-26-19(23)16-10-14-7-6-13-4-2-3-5-15(13)18(14)27-16/h2-5,10H,6-9,11-12H2,1H3,(H,21,22)/t20-/m0/s1. The van der Waals surface area contributed by atoms with Crippen molar-refractivity contribution in [2.75, 3.05) is 18.1 Å². The Labute approximate surface area is 167 Å². The predicted molar refractivity (Wildman–Crippen MR) is 107 cm³/mol. The van der Waals surface area contributed by atoms with Gasteiger partial charge in [-0.1, -0.05) is 24.3 Å². The molecule has 1 N–H and O–H groups in total. The van der Waals surface area contributed by atoms with Crippen LogP contribution < -0.4 is 5.32 Å². The van der Waals surface area contributed by atoms with Gasteiger partial charge in [-0.05, 0) is 48.9 Å². The fourth-order valence-corrected chi connectivity index (χ4v) is 7.11. The minimum absolute atomic E-state index is 0.0613. The Morgan fingerprint density at radius 3 is 2.71 bits per heavy atom. The number of benzene rings is 1. The summed E-state index contributed by atoms with van der Waals surface area (Å²) in [6, 6.07) is 10.0. The molecule has 1 saturated heterocycles. The van der Waals surface area contributed by atoms with Gasteiger partial charge in [0.2, 0.25) is 0 Å². The maximum absolute atomic E-state index is 12.4. The molecule has 4 rings (SSSR count). The molecule has 6 nitrogen and oxygen atoms in total. The van der Waals surface area contributed by atoms with Crippen LogP contribution in [0.25, 0.3) is 10.4 Å². The van der Waals surface area contributed by atoms with Gasteiger partial charge in [0, 0.05) is 4.88 Å². The first-order valence-corrected chi connectivity index (χ1v) is 11.8. The van der Waals surface area contributed by atoms with Crippen LogP contribution in [0.5, 0.6) is 0 Å². The van der Waals surface area contributed by atoms with E-state index in [4.69, 9.17) is 4.74 Å². The first-order chi connectivity index (χ1) is 13.2. The zero-order chi connectivity index (χ0) is 19.9. The molecular formula is C20H21NO5S2. The summed E-state index contributed by atoms with van der Waals surface area (Å²) in [5, 5.41) is 2.69. The van der Waals surface area contributed by atoms with Gasteiger partial charge in [-0.25, -0.2) is 13.2 Å². The number of esters is 1. The molecule has 1 aromatic carbocycles. The van der Waals surface area contributed by atoms with Crippen molar-refractivity contribution in [3.05, 3.63) is 46.3 Å². The van der Waals surface area contributed by atoms with E-state index in [1.807, 2.05) is 18.2 Å². The lowest BCUT2D eigenvalue weighted by molar-refractivity contribution is -0.125. The van der Waals surface area contributed by atoms with Crippen molar-refractivity contribution in [2.45, 2.75) is 31.7 Å². The number of thiophene rings is 1. The van der Waals surface area contributed by atoms with Crippen LogP contribution in [0.2, 0.25) is 0 Å². The van der Waals surface area contributed by atoms with E-state index < -0.39 is 33.9 Å². The Bertz CT molecular complexity index is 1060. The molecule has 28 heavy (non-hydrogen) atoms. The van der Waals surface area contributed by atoms with E-state index in [0.717, 1.165) is 28.8 Å². The quantitative estimate of drug-likeness (QED) is 0.769. The number of carbonyl (C=O) groups is 2. The van der Waals surface area contributed by atoms with Gasteiger partial charge in [-0.3, -0.25) is 4.79 Å². The molecule has 1 atom stereocenters. The van der Waals surface area contributed by atoms with Crippen molar-refractivity contribution in [1.82, 2.24) is 5.32 Å². The predicted octanol–water partition coefficient (Wildman–Crippen LogP) is 2.36. The third kappa shape index (κ3) is 3.84. The molecule has 2 aromatic rings. The van der Waals surface area contributed by atoms with Gasteiger partial charge >= 0.3 is 5.97 Å². The highest BCUT2D eigenvalue weighted by Crippen LogP contribution is 2.39. The maximum atomic E-state index is 12.4. The molecule has 1 aliphatic heterocycles. The maximum Gasteiger partial charge on any atom is 0.348 e. The minimum Gasteiger partial charge on any atom is -0.451 e. The second kappa shape index (κ2) is 7.00. The van der Waals surface area contributed by atoms with E-state index in [9.17, 15) is 18.0 Å². The van der Waals surface area contributed by atoms with Crippen molar-refractivity contribution in [3.63, 3.8) is 0 Å². The summed E-state index contributed by atoms with van der Waals surface area (Å²) in [4.78, 5) is 26.1. The summed E-state index contributed by atoms with van der Waals surface area (Å²) < 4.78 is 28.4. The van der Waals surface area contributed by atoms with E-state index >= 15 is 0 Å². The molecule has 0 radical (unpaired) electrons. The van der Waals surface area contributed by atoms with Crippen LogP contribution in [0, 0.1) is 0 Å². The number of fused-ring (bicyclic) bond motifs is 3. The van der Waals surface area contributed by atoms with Gasteiger partial charge in [0.15, 0.2) is 16.4 Å². The topological polar surface area (TPSA) is 89.5 Å². The van der Waals surface area contributed by atoms with Crippen LogP contribution in [0.3, 0.4) is 0 Å². The largest absolute Gasteiger partial charge is 0.451 e. The highest BCUT2D eigenvalue weighted by Gasteiger charge is 2.39. The molecule has 8 heteroatoms. The highest BCUT2D eigenvalue weighted by atomic mass is 32.2. The van der Waals surface area contributed by atoms with E-state index in [0.29, 0.717) is 11.3 Å². The van der Waals surface area contributed by atoms with Crippen molar-refractivity contribution in [2.24, 2.45) is 0 Å². The van der Waals surface area contributed by atoms with Crippen LogP contribution in [0.4, 0.5) is 0 Å². The number of aryl methyl sites for hydroxylation is 2. The zero-order valence-electron chi connectivity index (χ0n) is 15.5. The monoisotopic (exact) mass is 419 g/mol. The number of carbonyl (C=O) groups excluding carboxylic acids is 2. The van der Waals surface area contributed by atoms with E-state index in [1.54, 1.807) is 6.92 Å². The van der Waals surface area contributed by atoms with Crippen LogP contribution in [-0.4, -0.2) is 43.9 Å². The second-order valence-corrected chi connectivity index (χ2v) is 10.9. The number of hydrogen-bond donors (Lipinski definition) is 1. The van der Waals surface area contributed by atoms with Crippen LogP contribution in [0.15, 0.2) is 30.3 Å². The number of rotatable bonds is 4. The van der Waals surface area contributed by atoms with Gasteiger partial charge < -0.3 is 10.1 Å². The lowest BCUT2D eigenvalue weighted by atomic mass is 9.91. The number of amides is 1. The Morgan fingerprint density at radius 2 is 1.96 bits per heavy atom. The average Bonchev–Trinajstić information content (AvgIpc) is 3.20. The molecule has 2 heterocycles. The van der Waals surface area contributed by atoms with Gasteiger partial charge in [0.25, 0.3) is 5.91 Å². The van der Waals surface area contributed by atoms with Crippen molar-refractivity contribution >= 4 is 33.1 Å². The third-order valence-electron chi connectivity index (χ3n) is 5.21. The summed E-state index contributed by atoms with van der Waals surface area (Å²) in [6.07, 6.45) is 2.19. The molecule has 148 valence electrons. The SMILES string of the molecule is C[C@]1(NC(=O)COC(=O)c2cc3c(s2)-c2ccccc2CC3)CCS(=O)(=O)C1.